The Balaban J connectivity index is 1.29. The normalized spacial score (nSPS) is 11.4. The summed E-state index contributed by atoms with van der Waals surface area (Å²) in [6, 6.07) is 46.1. The van der Waals surface area contributed by atoms with E-state index in [9.17, 15) is 0 Å². The van der Waals surface area contributed by atoms with Crippen molar-refractivity contribution >= 4 is 32.4 Å². The van der Waals surface area contributed by atoms with Crippen LogP contribution in [0.4, 0.5) is 0 Å². The molecule has 0 aliphatic rings. The van der Waals surface area contributed by atoms with E-state index in [2.05, 4.69) is 107 Å². The van der Waals surface area contributed by atoms with Crippen LogP contribution in [0.25, 0.3) is 77.6 Å². The predicted molar refractivity (Wildman–Crippen MR) is 166 cm³/mol. The zero-order chi connectivity index (χ0) is 27.2. The lowest BCUT2D eigenvalue weighted by atomic mass is 9.86. The molecule has 0 N–H and O–H groups in total. The number of fused-ring (bicyclic) bond motifs is 3. The largest absolute Gasteiger partial charge is 0.416 e. The Morgan fingerprint density at radius 2 is 0.902 bits per heavy atom. The molecule has 0 saturated carbocycles. The van der Waals surface area contributed by atoms with Gasteiger partial charge in [0.15, 0.2) is 0 Å². The molecule has 0 bridgehead atoms. The van der Waals surface area contributed by atoms with Gasteiger partial charge in [0.25, 0.3) is 0 Å². The number of pyridine rings is 1. The van der Waals surface area contributed by atoms with Gasteiger partial charge in [-0.05, 0) is 74.6 Å². The molecule has 8 aromatic rings. The molecule has 2 aromatic heterocycles. The van der Waals surface area contributed by atoms with E-state index in [4.69, 9.17) is 9.40 Å². The fourth-order valence-electron chi connectivity index (χ4n) is 5.77. The number of rotatable bonds is 4. The molecule has 4 nitrogen and oxygen atoms in total. The van der Waals surface area contributed by atoms with E-state index in [0.717, 1.165) is 33.2 Å². The number of para-hydroxylation sites is 1. The topological polar surface area (TPSA) is 51.8 Å². The molecule has 0 radical (unpaired) electrons. The molecule has 41 heavy (non-hydrogen) atoms. The summed E-state index contributed by atoms with van der Waals surface area (Å²) < 4.78 is 6.01. The van der Waals surface area contributed by atoms with Crippen LogP contribution in [0.1, 0.15) is 0 Å². The molecule has 6 aromatic carbocycles. The van der Waals surface area contributed by atoms with Crippen molar-refractivity contribution in [1.29, 1.82) is 0 Å². The maximum Gasteiger partial charge on any atom is 0.248 e. The Kier molecular flexibility index (Phi) is 5.42. The number of benzene rings is 6. The minimum atomic E-state index is 0.504. The minimum absolute atomic E-state index is 0.504. The summed E-state index contributed by atoms with van der Waals surface area (Å²) in [6.45, 7) is 0. The van der Waals surface area contributed by atoms with Gasteiger partial charge in [-0.15, -0.1) is 10.2 Å². The van der Waals surface area contributed by atoms with Gasteiger partial charge in [0.2, 0.25) is 11.8 Å². The van der Waals surface area contributed by atoms with Crippen LogP contribution in [-0.2, 0) is 0 Å². The Hall–Kier alpha value is -5.61. The van der Waals surface area contributed by atoms with Crippen LogP contribution in [0.3, 0.4) is 0 Å². The van der Waals surface area contributed by atoms with E-state index in [0.29, 0.717) is 11.8 Å². The third kappa shape index (κ3) is 3.97. The molecule has 0 aliphatic carbocycles. The average Bonchev–Trinajstić information content (AvgIpc) is 3.54. The number of hydrogen-bond acceptors (Lipinski definition) is 4. The van der Waals surface area contributed by atoms with Crippen molar-refractivity contribution in [2.75, 3.05) is 0 Å². The Morgan fingerprint density at radius 1 is 0.415 bits per heavy atom. The van der Waals surface area contributed by atoms with Crippen molar-refractivity contribution in [1.82, 2.24) is 15.2 Å². The molecule has 0 unspecified atom stereocenters. The molecule has 0 spiro atoms. The van der Waals surface area contributed by atoms with Crippen LogP contribution in [0.2, 0.25) is 0 Å². The van der Waals surface area contributed by atoms with Crippen LogP contribution in [-0.4, -0.2) is 15.2 Å². The van der Waals surface area contributed by atoms with Crippen molar-refractivity contribution in [3.63, 3.8) is 0 Å². The fourth-order valence-corrected chi connectivity index (χ4v) is 5.77. The lowest BCUT2D eigenvalue weighted by Crippen LogP contribution is -1.91. The zero-order valence-corrected chi connectivity index (χ0v) is 22.0. The summed E-state index contributed by atoms with van der Waals surface area (Å²) in [7, 11) is 0. The van der Waals surface area contributed by atoms with Crippen LogP contribution in [0.5, 0.6) is 0 Å². The first-order valence-corrected chi connectivity index (χ1v) is 13.6. The second kappa shape index (κ2) is 9.54. The van der Waals surface area contributed by atoms with Gasteiger partial charge in [0, 0.05) is 28.3 Å². The number of aromatic nitrogens is 3. The maximum absolute atomic E-state index is 6.01. The van der Waals surface area contributed by atoms with Crippen LogP contribution >= 0.6 is 0 Å². The van der Waals surface area contributed by atoms with Crippen LogP contribution < -0.4 is 0 Å². The zero-order valence-electron chi connectivity index (χ0n) is 22.0. The summed E-state index contributed by atoms with van der Waals surface area (Å²) >= 11 is 0. The Labute approximate surface area is 236 Å². The van der Waals surface area contributed by atoms with Gasteiger partial charge < -0.3 is 4.42 Å². The van der Waals surface area contributed by atoms with Crippen LogP contribution in [0.15, 0.2) is 144 Å². The molecule has 0 atom stereocenters. The Bertz CT molecular complexity index is 2140. The number of hydrogen-bond donors (Lipinski definition) is 0. The first-order valence-electron chi connectivity index (χ1n) is 13.6. The first kappa shape index (κ1) is 23.3. The monoisotopic (exact) mass is 525 g/mol. The van der Waals surface area contributed by atoms with E-state index < -0.39 is 0 Å². The van der Waals surface area contributed by atoms with Gasteiger partial charge in [-0.2, -0.15) is 0 Å². The van der Waals surface area contributed by atoms with Crippen molar-refractivity contribution < 1.29 is 4.42 Å². The summed E-state index contributed by atoms with van der Waals surface area (Å²) in [5, 5.41) is 14.5. The molecular weight excluding hydrogens is 502 g/mol. The molecule has 0 fully saturated rings. The van der Waals surface area contributed by atoms with E-state index >= 15 is 0 Å². The standard InChI is InChI=1S/C37H23N3O/c1-2-10-25(11-3-1)36-39-40-37(41-36)26-20-18-24(19-21-26)34-29-13-5-7-15-31(29)35(32-16-8-6-14-30(32)34)28-22-27-12-4-9-17-33(27)38-23-28/h1-23H. The maximum atomic E-state index is 6.01. The molecule has 8 rings (SSSR count). The van der Waals surface area contributed by atoms with E-state index in [1.54, 1.807) is 0 Å². The predicted octanol–water partition coefficient (Wildman–Crippen LogP) is 9.59. The highest BCUT2D eigenvalue weighted by Crippen LogP contribution is 2.44. The molecule has 2 heterocycles. The highest BCUT2D eigenvalue weighted by Gasteiger charge is 2.17. The van der Waals surface area contributed by atoms with Gasteiger partial charge in [0.05, 0.1) is 5.52 Å². The lowest BCUT2D eigenvalue weighted by molar-refractivity contribution is 0.584. The SMILES string of the molecule is c1ccc(-c2nnc(-c3ccc(-c4c5ccccc5c(-c5cnc6ccccc6c5)c5ccccc45)cc3)o2)cc1. The first-order chi connectivity index (χ1) is 20.3. The summed E-state index contributed by atoms with van der Waals surface area (Å²) in [4.78, 5) is 4.79. The van der Waals surface area contributed by atoms with E-state index in [-0.39, 0.29) is 0 Å². The number of nitrogens with zero attached hydrogens (tertiary/aromatic N) is 3. The highest BCUT2D eigenvalue weighted by molar-refractivity contribution is 6.21. The van der Waals surface area contributed by atoms with Gasteiger partial charge in [0.1, 0.15) is 0 Å². The van der Waals surface area contributed by atoms with Gasteiger partial charge >= 0.3 is 0 Å². The van der Waals surface area contributed by atoms with Gasteiger partial charge in [-0.3, -0.25) is 4.98 Å². The quantitative estimate of drug-likeness (QED) is 0.215. The molecule has 4 heteroatoms. The summed E-state index contributed by atoms with van der Waals surface area (Å²) in [6.07, 6.45) is 2.00. The smallest absolute Gasteiger partial charge is 0.248 e. The van der Waals surface area contributed by atoms with Gasteiger partial charge in [-0.1, -0.05) is 97.1 Å². The van der Waals surface area contributed by atoms with Crippen molar-refractivity contribution in [3.05, 3.63) is 140 Å². The third-order valence-corrected chi connectivity index (χ3v) is 7.68. The molecule has 0 amide bonds. The lowest BCUT2D eigenvalue weighted by Gasteiger charge is -2.18. The van der Waals surface area contributed by atoms with Crippen molar-refractivity contribution in [2.24, 2.45) is 0 Å². The summed E-state index contributed by atoms with van der Waals surface area (Å²) in [5.74, 6) is 1.02. The van der Waals surface area contributed by atoms with E-state index in [1.165, 1.54) is 32.7 Å². The van der Waals surface area contributed by atoms with Crippen molar-refractivity contribution in [3.8, 4) is 45.2 Å². The second-order valence-corrected chi connectivity index (χ2v) is 10.1. The molecule has 0 saturated heterocycles. The van der Waals surface area contributed by atoms with E-state index in [1.807, 2.05) is 42.6 Å². The average molecular weight is 526 g/mol. The highest BCUT2D eigenvalue weighted by atomic mass is 16.4. The fraction of sp³-hybridized carbons (Fsp3) is 0. The second-order valence-electron chi connectivity index (χ2n) is 10.1. The summed E-state index contributed by atoms with van der Waals surface area (Å²) in [5.41, 5.74) is 7.44. The van der Waals surface area contributed by atoms with Crippen LogP contribution in [0, 0.1) is 0 Å². The Morgan fingerprint density at radius 3 is 1.54 bits per heavy atom. The molecule has 192 valence electrons. The minimum Gasteiger partial charge on any atom is -0.416 e. The molecular formula is C37H23N3O. The third-order valence-electron chi connectivity index (χ3n) is 7.68. The van der Waals surface area contributed by atoms with Crippen molar-refractivity contribution in [2.45, 2.75) is 0 Å². The van der Waals surface area contributed by atoms with Gasteiger partial charge in [-0.25, -0.2) is 0 Å². The molecule has 0 aliphatic heterocycles.